The van der Waals surface area contributed by atoms with Gasteiger partial charge in [-0.3, -0.25) is 4.79 Å². The number of likely N-dealkylation sites (tertiary alicyclic amines) is 1. The second-order valence-electron chi connectivity index (χ2n) is 9.10. The maximum absolute atomic E-state index is 13.0. The number of halogens is 2. The van der Waals surface area contributed by atoms with Crippen LogP contribution >= 0.6 is 11.6 Å². The first-order valence-electron chi connectivity index (χ1n) is 11.8. The standard InChI is InChI=1S/C26H32ClFN2O2/c27-21-5-3-20(4-6-21)26(31)29-23-9-1-19(2-10-23)13-16-30-17-14-25(15-18-30)32-24-11-7-22(28)8-12-24/h3-8,11-12,19,23,25H,1-2,9-10,13-18H2,(H,29,31)/t19-,23-. The number of benzene rings is 2. The van der Waals surface area contributed by atoms with Crippen molar-refractivity contribution in [1.82, 2.24) is 10.2 Å². The number of amides is 1. The summed E-state index contributed by atoms with van der Waals surface area (Å²) in [4.78, 5) is 14.9. The van der Waals surface area contributed by atoms with Crippen molar-refractivity contribution >= 4 is 17.5 Å². The molecule has 1 saturated carbocycles. The second-order valence-corrected chi connectivity index (χ2v) is 9.54. The van der Waals surface area contributed by atoms with Crippen LogP contribution in [-0.4, -0.2) is 42.6 Å². The lowest BCUT2D eigenvalue weighted by molar-refractivity contribution is 0.0897. The lowest BCUT2D eigenvalue weighted by Crippen LogP contribution is -2.40. The van der Waals surface area contributed by atoms with E-state index in [1.54, 1.807) is 36.4 Å². The fourth-order valence-electron chi connectivity index (χ4n) is 4.79. The number of piperidine rings is 1. The summed E-state index contributed by atoms with van der Waals surface area (Å²) in [5, 5.41) is 3.83. The van der Waals surface area contributed by atoms with E-state index in [1.165, 1.54) is 31.4 Å². The Morgan fingerprint density at radius 2 is 1.62 bits per heavy atom. The Balaban J connectivity index is 1.11. The van der Waals surface area contributed by atoms with Gasteiger partial charge in [0.2, 0.25) is 0 Å². The Morgan fingerprint density at radius 3 is 2.28 bits per heavy atom. The molecule has 172 valence electrons. The van der Waals surface area contributed by atoms with Crippen molar-refractivity contribution in [2.45, 2.75) is 57.1 Å². The van der Waals surface area contributed by atoms with Crippen LogP contribution in [0.25, 0.3) is 0 Å². The van der Waals surface area contributed by atoms with E-state index >= 15 is 0 Å². The number of ether oxygens (including phenoxy) is 1. The number of carbonyl (C=O) groups is 1. The number of hydrogen-bond acceptors (Lipinski definition) is 3. The number of nitrogens with one attached hydrogen (secondary N) is 1. The van der Waals surface area contributed by atoms with Gasteiger partial charge in [0, 0.05) is 29.7 Å². The predicted molar refractivity (Wildman–Crippen MR) is 126 cm³/mol. The molecule has 2 fully saturated rings. The van der Waals surface area contributed by atoms with Gasteiger partial charge in [-0.05, 0) is 106 Å². The summed E-state index contributed by atoms with van der Waals surface area (Å²) in [7, 11) is 0. The van der Waals surface area contributed by atoms with E-state index < -0.39 is 0 Å². The molecule has 4 rings (SSSR count). The van der Waals surface area contributed by atoms with Crippen molar-refractivity contribution in [3.63, 3.8) is 0 Å². The van der Waals surface area contributed by atoms with Gasteiger partial charge in [0.05, 0.1) is 0 Å². The van der Waals surface area contributed by atoms with E-state index in [-0.39, 0.29) is 23.9 Å². The van der Waals surface area contributed by atoms with Crippen LogP contribution in [-0.2, 0) is 0 Å². The molecule has 0 aromatic heterocycles. The molecule has 0 bridgehead atoms. The van der Waals surface area contributed by atoms with Crippen molar-refractivity contribution < 1.29 is 13.9 Å². The topological polar surface area (TPSA) is 41.6 Å². The van der Waals surface area contributed by atoms with Gasteiger partial charge in [0.25, 0.3) is 5.91 Å². The molecule has 0 atom stereocenters. The monoisotopic (exact) mass is 458 g/mol. The minimum absolute atomic E-state index is 0.00385. The highest BCUT2D eigenvalue weighted by molar-refractivity contribution is 6.30. The summed E-state index contributed by atoms with van der Waals surface area (Å²) in [6, 6.07) is 13.6. The van der Waals surface area contributed by atoms with Crippen molar-refractivity contribution in [2.24, 2.45) is 5.92 Å². The summed E-state index contributed by atoms with van der Waals surface area (Å²) in [5.41, 5.74) is 0.670. The Morgan fingerprint density at radius 1 is 0.969 bits per heavy atom. The molecule has 0 unspecified atom stereocenters. The largest absolute Gasteiger partial charge is 0.490 e. The van der Waals surface area contributed by atoms with Crippen LogP contribution in [0.4, 0.5) is 4.39 Å². The molecule has 6 heteroatoms. The van der Waals surface area contributed by atoms with E-state index in [4.69, 9.17) is 16.3 Å². The smallest absolute Gasteiger partial charge is 0.251 e. The number of hydrogen-bond donors (Lipinski definition) is 1. The molecule has 1 saturated heterocycles. The molecule has 1 aliphatic heterocycles. The van der Waals surface area contributed by atoms with Crippen molar-refractivity contribution in [1.29, 1.82) is 0 Å². The number of carbonyl (C=O) groups excluding carboxylic acids is 1. The van der Waals surface area contributed by atoms with E-state index in [9.17, 15) is 9.18 Å². The second kappa shape index (κ2) is 11.2. The third kappa shape index (κ3) is 6.69. The van der Waals surface area contributed by atoms with E-state index in [1.807, 2.05) is 0 Å². The first-order valence-corrected chi connectivity index (χ1v) is 12.1. The first kappa shape index (κ1) is 23.1. The van der Waals surface area contributed by atoms with Crippen LogP contribution in [0.2, 0.25) is 5.02 Å². The molecular weight excluding hydrogens is 427 g/mol. The summed E-state index contributed by atoms with van der Waals surface area (Å²) in [6.07, 6.45) is 7.93. The molecule has 2 aliphatic rings. The summed E-state index contributed by atoms with van der Waals surface area (Å²) < 4.78 is 19.0. The Kier molecular flexibility index (Phi) is 8.04. The maximum Gasteiger partial charge on any atom is 0.251 e. The van der Waals surface area contributed by atoms with Gasteiger partial charge in [0.1, 0.15) is 17.7 Å². The third-order valence-corrected chi connectivity index (χ3v) is 7.04. The van der Waals surface area contributed by atoms with Crippen LogP contribution in [0.1, 0.15) is 55.3 Å². The Labute approximate surface area is 195 Å². The zero-order chi connectivity index (χ0) is 22.3. The molecular formula is C26H32ClFN2O2. The summed E-state index contributed by atoms with van der Waals surface area (Å²) in [6.45, 7) is 3.24. The minimum atomic E-state index is -0.231. The molecule has 1 amide bonds. The van der Waals surface area contributed by atoms with Gasteiger partial charge < -0.3 is 15.0 Å². The molecule has 1 aliphatic carbocycles. The average Bonchev–Trinajstić information content (AvgIpc) is 2.81. The molecule has 2 aromatic rings. The van der Waals surface area contributed by atoms with Gasteiger partial charge in [0.15, 0.2) is 0 Å². The zero-order valence-electron chi connectivity index (χ0n) is 18.4. The van der Waals surface area contributed by atoms with Crippen LogP contribution < -0.4 is 10.1 Å². The fraction of sp³-hybridized carbons (Fsp3) is 0.500. The average molecular weight is 459 g/mol. The lowest BCUT2D eigenvalue weighted by atomic mass is 9.84. The SMILES string of the molecule is O=C(N[C@H]1CC[C@H](CCN2CCC(Oc3ccc(F)cc3)CC2)CC1)c1ccc(Cl)cc1. The fourth-order valence-corrected chi connectivity index (χ4v) is 4.91. The Bertz CT molecular complexity index is 858. The molecule has 1 N–H and O–H groups in total. The minimum Gasteiger partial charge on any atom is -0.490 e. The molecule has 0 radical (unpaired) electrons. The highest BCUT2D eigenvalue weighted by Gasteiger charge is 2.25. The van der Waals surface area contributed by atoms with Crippen molar-refractivity contribution in [2.75, 3.05) is 19.6 Å². The van der Waals surface area contributed by atoms with Crippen LogP contribution in [0.5, 0.6) is 5.75 Å². The normalized spacial score (nSPS) is 22.4. The van der Waals surface area contributed by atoms with Crippen LogP contribution in [0, 0.1) is 11.7 Å². The van der Waals surface area contributed by atoms with E-state index in [0.717, 1.165) is 57.0 Å². The molecule has 32 heavy (non-hydrogen) atoms. The predicted octanol–water partition coefficient (Wildman–Crippen LogP) is 5.70. The first-order chi connectivity index (χ1) is 15.5. The highest BCUT2D eigenvalue weighted by Crippen LogP contribution is 2.28. The van der Waals surface area contributed by atoms with Gasteiger partial charge in [-0.2, -0.15) is 0 Å². The lowest BCUT2D eigenvalue weighted by Gasteiger charge is -2.34. The zero-order valence-corrected chi connectivity index (χ0v) is 19.2. The Hall–Kier alpha value is -2.11. The highest BCUT2D eigenvalue weighted by atomic mass is 35.5. The van der Waals surface area contributed by atoms with E-state index in [2.05, 4.69) is 10.2 Å². The quantitative estimate of drug-likeness (QED) is 0.578. The molecule has 1 heterocycles. The third-order valence-electron chi connectivity index (χ3n) is 6.79. The molecule has 4 nitrogen and oxygen atoms in total. The number of rotatable bonds is 7. The van der Waals surface area contributed by atoms with E-state index in [0.29, 0.717) is 10.6 Å². The van der Waals surface area contributed by atoms with Gasteiger partial charge in [-0.25, -0.2) is 4.39 Å². The number of nitrogens with zero attached hydrogens (tertiary/aromatic N) is 1. The van der Waals surface area contributed by atoms with Gasteiger partial charge in [-0.15, -0.1) is 0 Å². The van der Waals surface area contributed by atoms with Gasteiger partial charge >= 0.3 is 0 Å². The summed E-state index contributed by atoms with van der Waals surface area (Å²) in [5.74, 6) is 1.26. The van der Waals surface area contributed by atoms with Gasteiger partial charge in [-0.1, -0.05) is 11.6 Å². The maximum atomic E-state index is 13.0. The van der Waals surface area contributed by atoms with Crippen molar-refractivity contribution in [3.05, 3.63) is 64.9 Å². The van der Waals surface area contributed by atoms with Crippen LogP contribution in [0.15, 0.2) is 48.5 Å². The molecule has 2 aromatic carbocycles. The van der Waals surface area contributed by atoms with Crippen LogP contribution in [0.3, 0.4) is 0 Å². The van der Waals surface area contributed by atoms with Crippen molar-refractivity contribution in [3.8, 4) is 5.75 Å². The molecule has 0 spiro atoms. The summed E-state index contributed by atoms with van der Waals surface area (Å²) >= 11 is 5.90.